The van der Waals surface area contributed by atoms with E-state index in [1.165, 1.54) is 5.56 Å². The topological polar surface area (TPSA) is 48.0 Å². The highest BCUT2D eigenvalue weighted by Crippen LogP contribution is 2.08. The minimum atomic E-state index is 0.00597. The van der Waals surface area contributed by atoms with E-state index in [0.717, 1.165) is 13.0 Å². The summed E-state index contributed by atoms with van der Waals surface area (Å²) in [4.78, 5) is 3.01. The van der Waals surface area contributed by atoms with E-state index in [0.29, 0.717) is 0 Å². The molecule has 0 aliphatic heterocycles. The van der Waals surface area contributed by atoms with Gasteiger partial charge >= 0.3 is 0 Å². The van der Waals surface area contributed by atoms with E-state index in [1.807, 2.05) is 18.5 Å². The Morgan fingerprint density at radius 2 is 2.31 bits per heavy atom. The van der Waals surface area contributed by atoms with Crippen molar-refractivity contribution in [1.82, 2.24) is 10.3 Å². The molecular weight excluding hydrogens is 164 g/mol. The second-order valence-corrected chi connectivity index (χ2v) is 3.93. The molecule has 0 atom stereocenters. The minimum Gasteiger partial charge on any atom is -0.396 e. The van der Waals surface area contributed by atoms with Crippen molar-refractivity contribution < 1.29 is 5.11 Å². The molecule has 3 heteroatoms. The molecule has 74 valence electrons. The first kappa shape index (κ1) is 10.3. The Labute approximate surface area is 79.2 Å². The van der Waals surface area contributed by atoms with Crippen LogP contribution in [0.1, 0.15) is 25.8 Å². The zero-order valence-electron chi connectivity index (χ0n) is 8.30. The van der Waals surface area contributed by atoms with E-state index in [2.05, 4.69) is 24.1 Å². The van der Waals surface area contributed by atoms with E-state index in [4.69, 9.17) is 5.11 Å². The lowest BCUT2D eigenvalue weighted by Crippen LogP contribution is -2.39. The second kappa shape index (κ2) is 4.44. The quantitative estimate of drug-likeness (QED) is 0.642. The Hall–Kier alpha value is -0.800. The standard InChI is InChI=1S/C10H18N2O/c1-10(2,4-6-13)12-8-9-3-5-11-7-9/h3,5,7,11-13H,4,6,8H2,1-2H3. The normalized spacial score (nSPS) is 11.9. The van der Waals surface area contributed by atoms with Gasteiger partial charge in [-0.05, 0) is 31.9 Å². The molecule has 0 saturated heterocycles. The van der Waals surface area contributed by atoms with Gasteiger partial charge in [0.1, 0.15) is 0 Å². The molecule has 13 heavy (non-hydrogen) atoms. The maximum atomic E-state index is 8.81. The van der Waals surface area contributed by atoms with Crippen molar-refractivity contribution in [3.63, 3.8) is 0 Å². The third kappa shape index (κ3) is 3.61. The van der Waals surface area contributed by atoms with Crippen LogP contribution in [-0.2, 0) is 6.54 Å². The molecule has 0 bridgehead atoms. The number of aliphatic hydroxyl groups is 1. The van der Waals surface area contributed by atoms with Gasteiger partial charge in [-0.15, -0.1) is 0 Å². The monoisotopic (exact) mass is 182 g/mol. The van der Waals surface area contributed by atoms with E-state index >= 15 is 0 Å². The first-order valence-electron chi connectivity index (χ1n) is 4.61. The first-order valence-corrected chi connectivity index (χ1v) is 4.61. The van der Waals surface area contributed by atoms with Crippen LogP contribution in [0.25, 0.3) is 0 Å². The predicted molar refractivity (Wildman–Crippen MR) is 53.4 cm³/mol. The molecular formula is C10H18N2O. The van der Waals surface area contributed by atoms with Gasteiger partial charge in [-0.25, -0.2) is 0 Å². The second-order valence-electron chi connectivity index (χ2n) is 3.93. The van der Waals surface area contributed by atoms with Crippen LogP contribution in [0.5, 0.6) is 0 Å². The summed E-state index contributed by atoms with van der Waals surface area (Å²) in [7, 11) is 0. The highest BCUT2D eigenvalue weighted by molar-refractivity contribution is 5.08. The van der Waals surface area contributed by atoms with Crippen LogP contribution >= 0.6 is 0 Å². The number of H-pyrrole nitrogens is 1. The fraction of sp³-hybridized carbons (Fsp3) is 0.600. The van der Waals surface area contributed by atoms with Gasteiger partial charge in [0.25, 0.3) is 0 Å². The van der Waals surface area contributed by atoms with Crippen molar-refractivity contribution >= 4 is 0 Å². The van der Waals surface area contributed by atoms with E-state index in [9.17, 15) is 0 Å². The van der Waals surface area contributed by atoms with Gasteiger partial charge in [0.15, 0.2) is 0 Å². The molecule has 0 aromatic carbocycles. The van der Waals surface area contributed by atoms with Crippen molar-refractivity contribution in [3.8, 4) is 0 Å². The predicted octanol–water partition coefficient (Wildman–Crippen LogP) is 1.27. The summed E-state index contributed by atoms with van der Waals surface area (Å²) >= 11 is 0. The Balaban J connectivity index is 2.33. The Morgan fingerprint density at radius 3 is 2.85 bits per heavy atom. The summed E-state index contributed by atoms with van der Waals surface area (Å²) in [5.74, 6) is 0. The largest absolute Gasteiger partial charge is 0.396 e. The average molecular weight is 182 g/mol. The molecule has 1 aromatic rings. The smallest absolute Gasteiger partial charge is 0.0448 e. The van der Waals surface area contributed by atoms with Crippen molar-refractivity contribution in [2.75, 3.05) is 6.61 Å². The zero-order chi connectivity index (χ0) is 9.73. The SMILES string of the molecule is CC(C)(CCO)NCc1cc[nH]c1. The maximum Gasteiger partial charge on any atom is 0.0448 e. The first-order chi connectivity index (χ1) is 6.14. The third-order valence-corrected chi connectivity index (χ3v) is 2.17. The molecule has 0 aliphatic carbocycles. The number of aromatic nitrogens is 1. The number of hydrogen-bond donors (Lipinski definition) is 3. The lowest BCUT2D eigenvalue weighted by atomic mass is 10.0. The van der Waals surface area contributed by atoms with Crippen LogP contribution in [0.4, 0.5) is 0 Å². The molecule has 0 spiro atoms. The molecule has 0 unspecified atom stereocenters. The third-order valence-electron chi connectivity index (χ3n) is 2.17. The highest BCUT2D eigenvalue weighted by Gasteiger charge is 2.15. The van der Waals surface area contributed by atoms with Crippen LogP contribution < -0.4 is 5.32 Å². The van der Waals surface area contributed by atoms with Gasteiger partial charge in [-0.3, -0.25) is 0 Å². The summed E-state index contributed by atoms with van der Waals surface area (Å²) in [6, 6.07) is 2.04. The number of aliphatic hydroxyl groups excluding tert-OH is 1. The summed E-state index contributed by atoms with van der Waals surface area (Å²) in [6.45, 7) is 5.26. The molecule has 0 fully saturated rings. The van der Waals surface area contributed by atoms with Crippen molar-refractivity contribution in [1.29, 1.82) is 0 Å². The van der Waals surface area contributed by atoms with Crippen LogP contribution in [0.3, 0.4) is 0 Å². The Bertz CT molecular complexity index is 229. The van der Waals surface area contributed by atoms with Gasteiger partial charge in [0, 0.05) is 31.1 Å². The van der Waals surface area contributed by atoms with Gasteiger partial charge in [0.05, 0.1) is 0 Å². The fourth-order valence-electron chi connectivity index (χ4n) is 1.18. The van der Waals surface area contributed by atoms with Crippen LogP contribution in [0.2, 0.25) is 0 Å². The maximum absolute atomic E-state index is 8.81. The van der Waals surface area contributed by atoms with Crippen LogP contribution in [0.15, 0.2) is 18.5 Å². The zero-order valence-corrected chi connectivity index (χ0v) is 8.30. The Morgan fingerprint density at radius 1 is 1.54 bits per heavy atom. The van der Waals surface area contributed by atoms with Crippen molar-refractivity contribution in [3.05, 3.63) is 24.0 Å². The van der Waals surface area contributed by atoms with Crippen molar-refractivity contribution in [2.45, 2.75) is 32.4 Å². The van der Waals surface area contributed by atoms with Gasteiger partial charge in [-0.2, -0.15) is 0 Å². The lowest BCUT2D eigenvalue weighted by Gasteiger charge is -2.25. The van der Waals surface area contributed by atoms with Crippen LogP contribution in [-0.4, -0.2) is 22.2 Å². The molecule has 1 heterocycles. The number of aromatic amines is 1. The van der Waals surface area contributed by atoms with E-state index < -0.39 is 0 Å². The summed E-state index contributed by atoms with van der Waals surface area (Å²) in [6.07, 6.45) is 4.66. The number of hydrogen-bond acceptors (Lipinski definition) is 2. The summed E-state index contributed by atoms with van der Waals surface area (Å²) in [5, 5.41) is 12.2. The number of nitrogens with one attached hydrogen (secondary N) is 2. The van der Waals surface area contributed by atoms with Crippen molar-refractivity contribution in [2.24, 2.45) is 0 Å². The van der Waals surface area contributed by atoms with Gasteiger partial charge in [-0.1, -0.05) is 0 Å². The van der Waals surface area contributed by atoms with Gasteiger partial charge in [0.2, 0.25) is 0 Å². The average Bonchev–Trinajstić information content (AvgIpc) is 2.52. The minimum absolute atomic E-state index is 0.00597. The van der Waals surface area contributed by atoms with Gasteiger partial charge < -0.3 is 15.4 Å². The molecule has 0 amide bonds. The molecule has 1 rings (SSSR count). The lowest BCUT2D eigenvalue weighted by molar-refractivity contribution is 0.230. The fourth-order valence-corrected chi connectivity index (χ4v) is 1.18. The molecule has 0 radical (unpaired) electrons. The number of rotatable bonds is 5. The molecule has 0 saturated carbocycles. The molecule has 3 nitrogen and oxygen atoms in total. The molecule has 0 aliphatic rings. The Kier molecular flexibility index (Phi) is 3.51. The summed E-state index contributed by atoms with van der Waals surface area (Å²) in [5.41, 5.74) is 1.25. The van der Waals surface area contributed by atoms with E-state index in [-0.39, 0.29) is 12.1 Å². The van der Waals surface area contributed by atoms with E-state index in [1.54, 1.807) is 0 Å². The molecule has 3 N–H and O–H groups in total. The summed E-state index contributed by atoms with van der Waals surface area (Å²) < 4.78 is 0. The molecule has 1 aromatic heterocycles. The van der Waals surface area contributed by atoms with Crippen LogP contribution in [0, 0.1) is 0 Å². The highest BCUT2D eigenvalue weighted by atomic mass is 16.3.